The summed E-state index contributed by atoms with van der Waals surface area (Å²) in [6.45, 7) is 2.38. The normalized spacial score (nSPS) is 21.6. The minimum atomic E-state index is -0.833. The zero-order valence-electron chi connectivity index (χ0n) is 11.3. The highest BCUT2D eigenvalue weighted by Gasteiger charge is 2.33. The van der Waals surface area contributed by atoms with E-state index < -0.39 is 11.9 Å². The summed E-state index contributed by atoms with van der Waals surface area (Å²) >= 11 is 0. The summed E-state index contributed by atoms with van der Waals surface area (Å²) in [5.41, 5.74) is 0.451. The second-order valence-electron chi connectivity index (χ2n) is 5.08. The number of hydrogen-bond acceptors (Lipinski definition) is 3. The van der Waals surface area contributed by atoms with Gasteiger partial charge in [0.25, 0.3) is 5.56 Å². The van der Waals surface area contributed by atoms with E-state index in [0.717, 1.165) is 0 Å². The standard InChI is InChI=1S/C14H18N2O4/c1-2-16-8-11(5-6-12(16)17)15-13(18)9-3-4-10(7-9)14(19)20/h5-6,8-10H,2-4,7H2,1H3,(H,15,18)(H,19,20)/t9-,10+/m1/s1. The van der Waals surface area contributed by atoms with Crippen LogP contribution in [-0.2, 0) is 16.1 Å². The Hall–Kier alpha value is -2.11. The lowest BCUT2D eigenvalue weighted by Gasteiger charge is -2.12. The SMILES string of the molecule is CCn1cc(NC(=O)[C@@H]2CC[C@H](C(=O)O)C2)ccc1=O. The number of carboxylic acid groups (broad SMARTS) is 1. The number of aryl methyl sites for hydroxylation is 1. The smallest absolute Gasteiger partial charge is 0.306 e. The van der Waals surface area contributed by atoms with Gasteiger partial charge in [-0.05, 0) is 32.3 Å². The molecule has 108 valence electrons. The molecule has 0 aliphatic heterocycles. The maximum atomic E-state index is 12.1. The van der Waals surface area contributed by atoms with Crippen molar-refractivity contribution >= 4 is 17.6 Å². The van der Waals surface area contributed by atoms with Crippen molar-refractivity contribution in [3.63, 3.8) is 0 Å². The fraction of sp³-hybridized carbons (Fsp3) is 0.500. The molecule has 0 unspecified atom stereocenters. The van der Waals surface area contributed by atoms with Gasteiger partial charge in [-0.25, -0.2) is 0 Å². The Morgan fingerprint density at radius 3 is 2.65 bits per heavy atom. The van der Waals surface area contributed by atoms with Gasteiger partial charge >= 0.3 is 5.97 Å². The predicted molar refractivity (Wildman–Crippen MR) is 73.5 cm³/mol. The Morgan fingerprint density at radius 1 is 1.35 bits per heavy atom. The molecular formula is C14H18N2O4. The number of nitrogens with zero attached hydrogens (tertiary/aromatic N) is 1. The van der Waals surface area contributed by atoms with Gasteiger partial charge in [0, 0.05) is 24.7 Å². The molecule has 2 N–H and O–H groups in total. The molecule has 6 nitrogen and oxygen atoms in total. The van der Waals surface area contributed by atoms with Crippen LogP contribution in [0, 0.1) is 11.8 Å². The Balaban J connectivity index is 2.02. The Morgan fingerprint density at radius 2 is 2.05 bits per heavy atom. The first-order valence-electron chi connectivity index (χ1n) is 6.75. The number of carboxylic acids is 1. The Labute approximate surface area is 116 Å². The minimum Gasteiger partial charge on any atom is -0.481 e. The van der Waals surface area contributed by atoms with Crippen molar-refractivity contribution in [2.75, 3.05) is 5.32 Å². The van der Waals surface area contributed by atoms with Crippen LogP contribution in [0.1, 0.15) is 26.2 Å². The molecule has 1 heterocycles. The minimum absolute atomic E-state index is 0.114. The summed E-state index contributed by atoms with van der Waals surface area (Å²) in [4.78, 5) is 34.4. The van der Waals surface area contributed by atoms with Gasteiger partial charge < -0.3 is 15.0 Å². The molecule has 1 fully saturated rings. The van der Waals surface area contributed by atoms with Crippen LogP contribution in [0.15, 0.2) is 23.1 Å². The van der Waals surface area contributed by atoms with E-state index in [4.69, 9.17) is 5.11 Å². The van der Waals surface area contributed by atoms with Gasteiger partial charge in [0.1, 0.15) is 0 Å². The van der Waals surface area contributed by atoms with Crippen molar-refractivity contribution in [2.24, 2.45) is 11.8 Å². The molecule has 0 bridgehead atoms. The van der Waals surface area contributed by atoms with E-state index in [2.05, 4.69) is 5.32 Å². The lowest BCUT2D eigenvalue weighted by atomic mass is 10.0. The van der Waals surface area contributed by atoms with Gasteiger partial charge in [-0.3, -0.25) is 14.4 Å². The monoisotopic (exact) mass is 278 g/mol. The number of pyridine rings is 1. The second kappa shape index (κ2) is 5.90. The van der Waals surface area contributed by atoms with Gasteiger partial charge in [-0.2, -0.15) is 0 Å². The summed E-state index contributed by atoms with van der Waals surface area (Å²) < 4.78 is 1.50. The molecule has 0 spiro atoms. The molecule has 2 atom stereocenters. The first-order chi connectivity index (χ1) is 9.51. The lowest BCUT2D eigenvalue weighted by molar-refractivity contribution is -0.141. The number of carbonyl (C=O) groups is 2. The highest BCUT2D eigenvalue weighted by Crippen LogP contribution is 2.31. The molecule has 0 aromatic carbocycles. The topological polar surface area (TPSA) is 88.4 Å². The third-order valence-corrected chi connectivity index (χ3v) is 3.74. The maximum Gasteiger partial charge on any atom is 0.306 e. The molecular weight excluding hydrogens is 260 g/mol. The van der Waals surface area contributed by atoms with Crippen molar-refractivity contribution in [1.82, 2.24) is 4.57 Å². The zero-order valence-corrected chi connectivity index (χ0v) is 11.3. The van der Waals surface area contributed by atoms with Gasteiger partial charge in [-0.1, -0.05) is 0 Å². The van der Waals surface area contributed by atoms with Crippen LogP contribution in [-0.4, -0.2) is 21.6 Å². The Kier molecular flexibility index (Phi) is 4.22. The van der Waals surface area contributed by atoms with Crippen LogP contribution in [0.3, 0.4) is 0 Å². The van der Waals surface area contributed by atoms with Gasteiger partial charge in [0.15, 0.2) is 0 Å². The van der Waals surface area contributed by atoms with Crippen LogP contribution in [0.25, 0.3) is 0 Å². The van der Waals surface area contributed by atoms with Crippen molar-refractivity contribution in [3.8, 4) is 0 Å². The fourth-order valence-corrected chi connectivity index (χ4v) is 2.54. The van der Waals surface area contributed by atoms with Crippen molar-refractivity contribution in [2.45, 2.75) is 32.7 Å². The molecule has 1 aliphatic carbocycles. The van der Waals surface area contributed by atoms with E-state index in [1.54, 1.807) is 12.3 Å². The number of nitrogens with one attached hydrogen (secondary N) is 1. The summed E-state index contributed by atoms with van der Waals surface area (Å²) in [7, 11) is 0. The van der Waals surface area contributed by atoms with Crippen LogP contribution >= 0.6 is 0 Å². The average Bonchev–Trinajstić information content (AvgIpc) is 2.91. The Bertz CT molecular complexity index is 579. The molecule has 1 aromatic rings. The van der Waals surface area contributed by atoms with E-state index in [1.165, 1.54) is 10.6 Å². The molecule has 20 heavy (non-hydrogen) atoms. The number of aliphatic carboxylic acids is 1. The third-order valence-electron chi connectivity index (χ3n) is 3.74. The fourth-order valence-electron chi connectivity index (χ4n) is 2.54. The summed E-state index contributed by atoms with van der Waals surface area (Å²) in [5.74, 6) is -1.69. The predicted octanol–water partition coefficient (Wildman–Crippen LogP) is 1.31. The van der Waals surface area contributed by atoms with Crippen LogP contribution in [0.2, 0.25) is 0 Å². The van der Waals surface area contributed by atoms with Gasteiger partial charge in [0.2, 0.25) is 5.91 Å². The van der Waals surface area contributed by atoms with Crippen LogP contribution in [0.4, 0.5) is 5.69 Å². The van der Waals surface area contributed by atoms with Crippen LogP contribution < -0.4 is 10.9 Å². The molecule has 2 rings (SSSR count). The number of hydrogen-bond donors (Lipinski definition) is 2. The maximum absolute atomic E-state index is 12.1. The number of aromatic nitrogens is 1. The number of amides is 1. The molecule has 1 amide bonds. The van der Waals surface area contributed by atoms with E-state index in [0.29, 0.717) is 31.5 Å². The molecule has 1 aromatic heterocycles. The van der Waals surface area contributed by atoms with Gasteiger partial charge in [0.05, 0.1) is 11.6 Å². The summed E-state index contributed by atoms with van der Waals surface area (Å²) in [6.07, 6.45) is 3.12. The van der Waals surface area contributed by atoms with Crippen molar-refractivity contribution < 1.29 is 14.7 Å². The van der Waals surface area contributed by atoms with Crippen molar-refractivity contribution in [1.29, 1.82) is 0 Å². The van der Waals surface area contributed by atoms with E-state index in [9.17, 15) is 14.4 Å². The molecule has 0 radical (unpaired) electrons. The zero-order chi connectivity index (χ0) is 14.7. The summed E-state index contributed by atoms with van der Waals surface area (Å²) in [6, 6.07) is 2.98. The van der Waals surface area contributed by atoms with E-state index in [-0.39, 0.29) is 17.4 Å². The summed E-state index contributed by atoms with van der Waals surface area (Å²) in [5, 5.41) is 11.7. The average molecular weight is 278 g/mol. The van der Waals surface area contributed by atoms with Gasteiger partial charge in [-0.15, -0.1) is 0 Å². The highest BCUT2D eigenvalue weighted by molar-refractivity contribution is 5.93. The molecule has 1 aliphatic rings. The quantitative estimate of drug-likeness (QED) is 0.869. The lowest BCUT2D eigenvalue weighted by Crippen LogP contribution is -2.24. The molecule has 6 heteroatoms. The third kappa shape index (κ3) is 3.07. The first kappa shape index (κ1) is 14.3. The number of anilines is 1. The van der Waals surface area contributed by atoms with Crippen molar-refractivity contribution in [3.05, 3.63) is 28.7 Å². The van der Waals surface area contributed by atoms with Crippen LogP contribution in [0.5, 0.6) is 0 Å². The number of carbonyl (C=O) groups excluding carboxylic acids is 1. The highest BCUT2D eigenvalue weighted by atomic mass is 16.4. The van der Waals surface area contributed by atoms with E-state index >= 15 is 0 Å². The number of rotatable bonds is 4. The second-order valence-corrected chi connectivity index (χ2v) is 5.08. The molecule has 0 saturated heterocycles. The largest absolute Gasteiger partial charge is 0.481 e. The molecule has 1 saturated carbocycles. The first-order valence-corrected chi connectivity index (χ1v) is 6.75. The van der Waals surface area contributed by atoms with E-state index in [1.807, 2.05) is 6.92 Å².